The molecule has 100 valence electrons. The van der Waals surface area contributed by atoms with Gasteiger partial charge in [0.1, 0.15) is 17.9 Å². The largest absolute Gasteiger partial charge is 0.480 e. The molecule has 1 aromatic rings. The first-order chi connectivity index (χ1) is 8.95. The first kappa shape index (κ1) is 13.3. The zero-order valence-electron chi connectivity index (χ0n) is 11.3. The van der Waals surface area contributed by atoms with E-state index in [0.29, 0.717) is 17.9 Å². The van der Waals surface area contributed by atoms with Crippen LogP contribution < -0.4 is 4.90 Å². The highest BCUT2D eigenvalue weighted by Crippen LogP contribution is 2.32. The van der Waals surface area contributed by atoms with Crippen molar-refractivity contribution in [3.8, 4) is 6.07 Å². The summed E-state index contributed by atoms with van der Waals surface area (Å²) in [7, 11) is 0. The number of nitriles is 1. The van der Waals surface area contributed by atoms with Crippen LogP contribution in [0.4, 0.5) is 5.82 Å². The average Bonchev–Trinajstić information content (AvgIpc) is 2.70. The highest BCUT2D eigenvalue weighted by Gasteiger charge is 2.38. The van der Waals surface area contributed by atoms with E-state index >= 15 is 0 Å². The smallest absolute Gasteiger partial charge is 0.326 e. The minimum absolute atomic E-state index is 0.0617. The summed E-state index contributed by atoms with van der Waals surface area (Å²) in [5, 5.41) is 18.6. The van der Waals surface area contributed by atoms with Crippen LogP contribution in [0.25, 0.3) is 0 Å². The van der Waals surface area contributed by atoms with Crippen LogP contribution in [0, 0.1) is 31.1 Å². The number of carboxylic acid groups (broad SMARTS) is 1. The normalized spacial score (nSPS) is 22.3. The highest BCUT2D eigenvalue weighted by atomic mass is 16.4. The van der Waals surface area contributed by atoms with E-state index in [1.807, 2.05) is 26.8 Å². The van der Waals surface area contributed by atoms with Crippen molar-refractivity contribution in [3.05, 3.63) is 22.9 Å². The summed E-state index contributed by atoms with van der Waals surface area (Å²) in [5.74, 6) is -0.279. The van der Waals surface area contributed by atoms with Gasteiger partial charge in [-0.2, -0.15) is 5.26 Å². The van der Waals surface area contributed by atoms with Gasteiger partial charge in [-0.25, -0.2) is 9.78 Å². The standard InChI is InChI=1S/C14H17N3O2/c1-8-4-5-17(12(8)14(18)19)13-11(7-15)9(2)6-10(3)16-13/h6,8,12H,4-5H2,1-3H3,(H,18,19). The Bertz CT molecular complexity index is 563. The van der Waals surface area contributed by atoms with E-state index < -0.39 is 12.0 Å². The van der Waals surface area contributed by atoms with E-state index in [4.69, 9.17) is 0 Å². The number of hydrogen-bond donors (Lipinski definition) is 1. The Labute approximate surface area is 112 Å². The molecule has 2 rings (SSSR count). The van der Waals surface area contributed by atoms with Crippen molar-refractivity contribution in [2.75, 3.05) is 11.4 Å². The van der Waals surface area contributed by atoms with Gasteiger partial charge in [-0.05, 0) is 37.8 Å². The molecular formula is C14H17N3O2. The summed E-state index contributed by atoms with van der Waals surface area (Å²) in [6.07, 6.45) is 0.802. The van der Waals surface area contributed by atoms with Crippen molar-refractivity contribution in [2.24, 2.45) is 5.92 Å². The van der Waals surface area contributed by atoms with Crippen LogP contribution in [0.2, 0.25) is 0 Å². The number of hydrogen-bond acceptors (Lipinski definition) is 4. The summed E-state index contributed by atoms with van der Waals surface area (Å²) in [4.78, 5) is 17.6. The fourth-order valence-electron chi connectivity index (χ4n) is 2.72. The molecule has 0 radical (unpaired) electrons. The number of pyridine rings is 1. The predicted molar refractivity (Wildman–Crippen MR) is 71.0 cm³/mol. The first-order valence-corrected chi connectivity index (χ1v) is 6.33. The van der Waals surface area contributed by atoms with Crippen LogP contribution in [0.3, 0.4) is 0 Å². The van der Waals surface area contributed by atoms with Crippen molar-refractivity contribution < 1.29 is 9.90 Å². The molecule has 5 heteroatoms. The molecule has 1 aromatic heterocycles. The second-order valence-corrected chi connectivity index (χ2v) is 5.13. The molecule has 1 saturated heterocycles. The molecule has 1 N–H and O–H groups in total. The van der Waals surface area contributed by atoms with Gasteiger partial charge in [0.05, 0.1) is 5.56 Å². The Morgan fingerprint density at radius 3 is 2.84 bits per heavy atom. The molecule has 1 aliphatic rings. The third kappa shape index (κ3) is 2.26. The van der Waals surface area contributed by atoms with Crippen LogP contribution in [0.5, 0.6) is 0 Å². The molecule has 0 amide bonds. The Hall–Kier alpha value is -2.09. The number of rotatable bonds is 2. The van der Waals surface area contributed by atoms with E-state index in [-0.39, 0.29) is 5.92 Å². The summed E-state index contributed by atoms with van der Waals surface area (Å²) < 4.78 is 0. The zero-order chi connectivity index (χ0) is 14.2. The Morgan fingerprint density at radius 1 is 1.58 bits per heavy atom. The van der Waals surface area contributed by atoms with Gasteiger partial charge in [0, 0.05) is 12.2 Å². The molecule has 19 heavy (non-hydrogen) atoms. The average molecular weight is 259 g/mol. The Morgan fingerprint density at radius 2 is 2.26 bits per heavy atom. The molecule has 2 unspecified atom stereocenters. The highest BCUT2D eigenvalue weighted by molar-refractivity contribution is 5.80. The van der Waals surface area contributed by atoms with Crippen LogP contribution in [0.1, 0.15) is 30.2 Å². The third-order valence-electron chi connectivity index (χ3n) is 3.66. The maximum Gasteiger partial charge on any atom is 0.326 e. The van der Waals surface area contributed by atoms with Gasteiger partial charge in [-0.3, -0.25) is 0 Å². The maximum absolute atomic E-state index is 11.4. The van der Waals surface area contributed by atoms with E-state index in [2.05, 4.69) is 11.1 Å². The lowest BCUT2D eigenvalue weighted by Gasteiger charge is -2.26. The van der Waals surface area contributed by atoms with E-state index in [1.165, 1.54) is 0 Å². The van der Waals surface area contributed by atoms with E-state index in [9.17, 15) is 15.2 Å². The molecular weight excluding hydrogens is 242 g/mol. The van der Waals surface area contributed by atoms with Gasteiger partial charge >= 0.3 is 5.97 Å². The van der Waals surface area contributed by atoms with Gasteiger partial charge in [0.2, 0.25) is 0 Å². The molecule has 0 aromatic carbocycles. The molecule has 2 atom stereocenters. The third-order valence-corrected chi connectivity index (χ3v) is 3.66. The quantitative estimate of drug-likeness (QED) is 0.877. The topological polar surface area (TPSA) is 77.2 Å². The summed E-state index contributed by atoms with van der Waals surface area (Å²) in [6.45, 7) is 6.26. The number of carbonyl (C=O) groups is 1. The van der Waals surface area contributed by atoms with Crippen molar-refractivity contribution in [3.63, 3.8) is 0 Å². The number of aryl methyl sites for hydroxylation is 2. The van der Waals surface area contributed by atoms with Gasteiger partial charge in [-0.15, -0.1) is 0 Å². The van der Waals surface area contributed by atoms with Crippen LogP contribution >= 0.6 is 0 Å². The number of carboxylic acids is 1. The van der Waals surface area contributed by atoms with Gasteiger partial charge in [-0.1, -0.05) is 6.92 Å². The minimum atomic E-state index is -0.852. The molecule has 5 nitrogen and oxygen atoms in total. The first-order valence-electron chi connectivity index (χ1n) is 6.33. The lowest BCUT2D eigenvalue weighted by Crippen LogP contribution is -2.40. The minimum Gasteiger partial charge on any atom is -0.480 e. The molecule has 2 heterocycles. The van der Waals surface area contributed by atoms with Crippen molar-refractivity contribution in [1.82, 2.24) is 4.98 Å². The van der Waals surface area contributed by atoms with Crippen molar-refractivity contribution in [1.29, 1.82) is 5.26 Å². The lowest BCUT2D eigenvalue weighted by molar-refractivity contribution is -0.139. The summed E-state index contributed by atoms with van der Waals surface area (Å²) in [5.41, 5.74) is 2.12. The molecule has 1 fully saturated rings. The van der Waals surface area contributed by atoms with Crippen LogP contribution in [-0.2, 0) is 4.79 Å². The SMILES string of the molecule is Cc1cc(C)c(C#N)c(N2CCC(C)C2C(=O)O)n1. The monoisotopic (exact) mass is 259 g/mol. The molecule has 1 aliphatic heterocycles. The van der Waals surface area contributed by atoms with E-state index in [0.717, 1.165) is 17.7 Å². The summed E-state index contributed by atoms with van der Waals surface area (Å²) in [6, 6.07) is 3.39. The van der Waals surface area contributed by atoms with Crippen LogP contribution in [0.15, 0.2) is 6.07 Å². The number of aromatic nitrogens is 1. The lowest BCUT2D eigenvalue weighted by atomic mass is 10.0. The fourth-order valence-corrected chi connectivity index (χ4v) is 2.72. The summed E-state index contributed by atoms with van der Waals surface area (Å²) >= 11 is 0. The zero-order valence-corrected chi connectivity index (χ0v) is 11.3. The molecule has 0 spiro atoms. The Balaban J connectivity index is 2.53. The maximum atomic E-state index is 11.4. The predicted octanol–water partition coefficient (Wildman–Crippen LogP) is 1.87. The molecule has 0 saturated carbocycles. The van der Waals surface area contributed by atoms with Crippen molar-refractivity contribution in [2.45, 2.75) is 33.2 Å². The van der Waals surface area contributed by atoms with Crippen LogP contribution in [-0.4, -0.2) is 28.6 Å². The fraction of sp³-hybridized carbons (Fsp3) is 0.500. The van der Waals surface area contributed by atoms with Crippen molar-refractivity contribution >= 4 is 11.8 Å². The second-order valence-electron chi connectivity index (χ2n) is 5.13. The van der Waals surface area contributed by atoms with Gasteiger partial charge < -0.3 is 10.0 Å². The molecule has 0 aliphatic carbocycles. The molecule has 0 bridgehead atoms. The van der Waals surface area contributed by atoms with Gasteiger partial charge in [0.15, 0.2) is 0 Å². The van der Waals surface area contributed by atoms with E-state index in [1.54, 1.807) is 4.90 Å². The number of anilines is 1. The number of nitrogens with zero attached hydrogens (tertiary/aromatic N) is 3. The second kappa shape index (κ2) is 4.88. The van der Waals surface area contributed by atoms with Gasteiger partial charge in [0.25, 0.3) is 0 Å². The Kier molecular flexibility index (Phi) is 3.43. The number of aliphatic carboxylic acids is 1.